The predicted molar refractivity (Wildman–Crippen MR) is 100 cm³/mol. The molecule has 138 valence electrons. The van der Waals surface area contributed by atoms with Crippen molar-refractivity contribution in [2.24, 2.45) is 5.92 Å². The third-order valence-electron chi connectivity index (χ3n) is 4.68. The molecule has 1 aromatic rings. The van der Waals surface area contributed by atoms with Crippen molar-refractivity contribution in [2.75, 3.05) is 13.1 Å². The molecule has 0 bridgehead atoms. The number of nitrogens with one attached hydrogen (secondary N) is 2. The van der Waals surface area contributed by atoms with Gasteiger partial charge in [-0.05, 0) is 24.3 Å². The second-order valence-corrected chi connectivity index (χ2v) is 7.13. The summed E-state index contributed by atoms with van der Waals surface area (Å²) in [4.78, 5) is 27.1. The molecule has 5 heteroatoms. The van der Waals surface area contributed by atoms with E-state index in [4.69, 9.17) is 0 Å². The highest BCUT2D eigenvalue weighted by atomic mass is 16.2. The molecule has 0 radical (unpaired) electrons. The van der Waals surface area contributed by atoms with Gasteiger partial charge in [0.2, 0.25) is 5.91 Å². The average molecular weight is 345 g/mol. The molecule has 0 aliphatic carbocycles. The molecule has 25 heavy (non-hydrogen) atoms. The number of benzene rings is 1. The van der Waals surface area contributed by atoms with E-state index < -0.39 is 6.04 Å². The lowest BCUT2D eigenvalue weighted by molar-refractivity contribution is -0.134. The summed E-state index contributed by atoms with van der Waals surface area (Å²) in [7, 11) is 0. The van der Waals surface area contributed by atoms with E-state index in [9.17, 15) is 9.59 Å². The van der Waals surface area contributed by atoms with Crippen LogP contribution in [0.25, 0.3) is 0 Å². The Kier molecular flexibility index (Phi) is 7.76. The van der Waals surface area contributed by atoms with Crippen molar-refractivity contribution in [1.29, 1.82) is 0 Å². The summed E-state index contributed by atoms with van der Waals surface area (Å²) in [6.45, 7) is 6.01. The smallest absolute Gasteiger partial charge is 0.315 e. The van der Waals surface area contributed by atoms with Gasteiger partial charge in [-0.1, -0.05) is 63.4 Å². The van der Waals surface area contributed by atoms with Crippen molar-refractivity contribution in [2.45, 2.75) is 58.5 Å². The van der Waals surface area contributed by atoms with Crippen LogP contribution in [0.4, 0.5) is 4.79 Å². The van der Waals surface area contributed by atoms with Crippen molar-refractivity contribution in [1.82, 2.24) is 15.5 Å². The fraction of sp³-hybridized carbons (Fsp3) is 0.600. The molecule has 5 nitrogen and oxygen atoms in total. The van der Waals surface area contributed by atoms with Crippen molar-refractivity contribution < 1.29 is 9.59 Å². The van der Waals surface area contributed by atoms with Gasteiger partial charge in [0.05, 0.1) is 0 Å². The lowest BCUT2D eigenvalue weighted by Gasteiger charge is -2.31. The summed E-state index contributed by atoms with van der Waals surface area (Å²) in [5.41, 5.74) is 1.04. The zero-order chi connectivity index (χ0) is 18.1. The first kappa shape index (κ1) is 19.3. The van der Waals surface area contributed by atoms with Gasteiger partial charge in [0, 0.05) is 19.6 Å². The molecule has 1 aliphatic heterocycles. The molecule has 2 rings (SSSR count). The van der Waals surface area contributed by atoms with Gasteiger partial charge >= 0.3 is 6.03 Å². The summed E-state index contributed by atoms with van der Waals surface area (Å²) in [6.07, 6.45) is 5.73. The Morgan fingerprint density at radius 1 is 1.00 bits per heavy atom. The topological polar surface area (TPSA) is 61.4 Å². The number of urea groups is 1. The molecule has 1 atom stereocenters. The van der Waals surface area contributed by atoms with E-state index in [0.717, 1.165) is 31.5 Å². The quantitative estimate of drug-likeness (QED) is 0.860. The molecule has 0 spiro atoms. The number of amides is 3. The van der Waals surface area contributed by atoms with Crippen LogP contribution in [0.15, 0.2) is 30.3 Å². The van der Waals surface area contributed by atoms with Crippen LogP contribution in [0, 0.1) is 5.92 Å². The number of likely N-dealkylation sites (tertiary alicyclic amines) is 1. The Balaban J connectivity index is 1.89. The highest BCUT2D eigenvalue weighted by Crippen LogP contribution is 2.14. The Bertz CT molecular complexity index is 537. The van der Waals surface area contributed by atoms with Crippen LogP contribution >= 0.6 is 0 Å². The van der Waals surface area contributed by atoms with Crippen molar-refractivity contribution in [3.05, 3.63) is 35.9 Å². The van der Waals surface area contributed by atoms with Gasteiger partial charge in [-0.3, -0.25) is 4.79 Å². The van der Waals surface area contributed by atoms with Crippen LogP contribution < -0.4 is 10.6 Å². The maximum absolute atomic E-state index is 12.9. The van der Waals surface area contributed by atoms with E-state index in [1.54, 1.807) is 0 Å². The third kappa shape index (κ3) is 6.40. The second kappa shape index (κ2) is 10.1. The number of carbonyl (C=O) groups excluding carboxylic acids is 2. The van der Waals surface area contributed by atoms with E-state index in [0.29, 0.717) is 6.54 Å². The first-order chi connectivity index (χ1) is 12.1. The lowest BCUT2D eigenvalue weighted by atomic mass is 10.0. The highest BCUT2D eigenvalue weighted by molar-refractivity contribution is 5.87. The van der Waals surface area contributed by atoms with Crippen LogP contribution in [0.3, 0.4) is 0 Å². The van der Waals surface area contributed by atoms with E-state index in [1.165, 1.54) is 19.3 Å². The molecule has 2 N–H and O–H groups in total. The fourth-order valence-corrected chi connectivity index (χ4v) is 3.15. The summed E-state index contributed by atoms with van der Waals surface area (Å²) in [5.74, 6) is 0.104. The molecular formula is C20H31N3O2. The van der Waals surface area contributed by atoms with Gasteiger partial charge < -0.3 is 15.5 Å². The molecule has 0 saturated carbocycles. The Hall–Kier alpha value is -2.04. The molecule has 1 aromatic carbocycles. The SMILES string of the molecule is CC(C)C(NC(=O)NCc1ccccc1)C(=O)N1CCCCCCC1. The van der Waals surface area contributed by atoms with Crippen LogP contribution in [-0.2, 0) is 11.3 Å². The maximum atomic E-state index is 12.9. The number of hydrogen-bond donors (Lipinski definition) is 2. The largest absolute Gasteiger partial charge is 0.341 e. The minimum atomic E-state index is -0.477. The molecule has 1 heterocycles. The second-order valence-electron chi connectivity index (χ2n) is 7.13. The average Bonchev–Trinajstić information content (AvgIpc) is 2.58. The van der Waals surface area contributed by atoms with Gasteiger partial charge in [0.1, 0.15) is 6.04 Å². The zero-order valence-electron chi connectivity index (χ0n) is 15.5. The van der Waals surface area contributed by atoms with Gasteiger partial charge in [0.15, 0.2) is 0 Å². The molecule has 1 unspecified atom stereocenters. The Morgan fingerprint density at radius 3 is 2.20 bits per heavy atom. The van der Waals surface area contributed by atoms with Crippen molar-refractivity contribution >= 4 is 11.9 Å². The van der Waals surface area contributed by atoms with E-state index >= 15 is 0 Å². The Labute approximate surface area is 151 Å². The molecule has 1 aliphatic rings. The first-order valence-electron chi connectivity index (χ1n) is 9.45. The normalized spacial score (nSPS) is 16.7. The zero-order valence-corrected chi connectivity index (χ0v) is 15.5. The Morgan fingerprint density at radius 2 is 1.60 bits per heavy atom. The summed E-state index contributed by atoms with van der Waals surface area (Å²) in [5, 5.41) is 5.72. The fourth-order valence-electron chi connectivity index (χ4n) is 3.15. The standard InChI is InChI=1S/C20H31N3O2/c1-16(2)18(19(24)23-13-9-4-3-5-10-14-23)22-20(25)21-15-17-11-7-6-8-12-17/h6-8,11-12,16,18H,3-5,9-10,13-15H2,1-2H3,(H2,21,22,25). The van der Waals surface area contributed by atoms with Crippen LogP contribution in [-0.4, -0.2) is 36.0 Å². The van der Waals surface area contributed by atoms with Crippen LogP contribution in [0.2, 0.25) is 0 Å². The number of rotatable bonds is 5. The molecule has 3 amide bonds. The lowest BCUT2D eigenvalue weighted by Crippen LogP contribution is -2.54. The van der Waals surface area contributed by atoms with E-state index in [1.807, 2.05) is 49.1 Å². The van der Waals surface area contributed by atoms with E-state index in [-0.39, 0.29) is 17.9 Å². The van der Waals surface area contributed by atoms with Gasteiger partial charge in [-0.2, -0.15) is 0 Å². The summed E-state index contributed by atoms with van der Waals surface area (Å²) < 4.78 is 0. The molecular weight excluding hydrogens is 314 g/mol. The third-order valence-corrected chi connectivity index (χ3v) is 4.68. The summed E-state index contributed by atoms with van der Waals surface area (Å²) >= 11 is 0. The van der Waals surface area contributed by atoms with Gasteiger partial charge in [-0.25, -0.2) is 4.79 Å². The molecule has 1 fully saturated rings. The number of carbonyl (C=O) groups is 2. The maximum Gasteiger partial charge on any atom is 0.315 e. The minimum Gasteiger partial charge on any atom is -0.341 e. The number of nitrogens with zero attached hydrogens (tertiary/aromatic N) is 1. The van der Waals surface area contributed by atoms with Crippen molar-refractivity contribution in [3.63, 3.8) is 0 Å². The van der Waals surface area contributed by atoms with E-state index in [2.05, 4.69) is 10.6 Å². The summed E-state index contributed by atoms with van der Waals surface area (Å²) in [6, 6.07) is 8.99. The predicted octanol–water partition coefficient (Wildman–Crippen LogP) is 3.30. The molecule has 0 aromatic heterocycles. The molecule has 1 saturated heterocycles. The van der Waals surface area contributed by atoms with Crippen LogP contribution in [0.1, 0.15) is 51.5 Å². The van der Waals surface area contributed by atoms with Gasteiger partial charge in [-0.15, -0.1) is 0 Å². The number of hydrogen-bond acceptors (Lipinski definition) is 2. The monoisotopic (exact) mass is 345 g/mol. The highest BCUT2D eigenvalue weighted by Gasteiger charge is 2.28. The minimum absolute atomic E-state index is 0.0479. The first-order valence-corrected chi connectivity index (χ1v) is 9.45. The van der Waals surface area contributed by atoms with Gasteiger partial charge in [0.25, 0.3) is 0 Å². The van der Waals surface area contributed by atoms with Crippen molar-refractivity contribution in [3.8, 4) is 0 Å². The van der Waals surface area contributed by atoms with Crippen LogP contribution in [0.5, 0.6) is 0 Å².